The molecule has 1 atom stereocenters. The predicted octanol–water partition coefficient (Wildman–Crippen LogP) is 2.34. The molecule has 1 heterocycles. The minimum atomic E-state index is 0. The highest BCUT2D eigenvalue weighted by molar-refractivity contribution is 14.0. The maximum Gasteiger partial charge on any atom is 0.191 e. The summed E-state index contributed by atoms with van der Waals surface area (Å²) in [6.07, 6.45) is 0. The SMILES string of the molecule is CN=C(NCCOCc1ccccc1)NCC(C(C)C)N1CCOCC1.I. The lowest BCUT2D eigenvalue weighted by Crippen LogP contribution is -2.52. The zero-order valence-electron chi connectivity index (χ0n) is 16.8. The number of morpholine rings is 1. The molecule has 0 aliphatic carbocycles. The summed E-state index contributed by atoms with van der Waals surface area (Å²) in [5.74, 6) is 1.40. The van der Waals surface area contributed by atoms with Crippen molar-refractivity contribution in [1.29, 1.82) is 0 Å². The number of hydrogen-bond donors (Lipinski definition) is 2. The van der Waals surface area contributed by atoms with Gasteiger partial charge in [-0.25, -0.2) is 0 Å². The Labute approximate surface area is 181 Å². The van der Waals surface area contributed by atoms with Crippen LogP contribution in [0.1, 0.15) is 19.4 Å². The van der Waals surface area contributed by atoms with Gasteiger partial charge in [-0.15, -0.1) is 24.0 Å². The van der Waals surface area contributed by atoms with Crippen LogP contribution >= 0.6 is 24.0 Å². The molecular weight excluding hydrogens is 455 g/mol. The van der Waals surface area contributed by atoms with Crippen molar-refractivity contribution in [1.82, 2.24) is 15.5 Å². The fourth-order valence-corrected chi connectivity index (χ4v) is 3.12. The lowest BCUT2D eigenvalue weighted by Gasteiger charge is -2.37. The van der Waals surface area contributed by atoms with Gasteiger partial charge in [0.05, 0.1) is 26.4 Å². The molecule has 1 aliphatic heterocycles. The van der Waals surface area contributed by atoms with Gasteiger partial charge in [0, 0.05) is 39.3 Å². The first-order valence-corrected chi connectivity index (χ1v) is 9.58. The van der Waals surface area contributed by atoms with Crippen LogP contribution in [0.4, 0.5) is 0 Å². The Kier molecular flexibility index (Phi) is 12.6. The molecule has 27 heavy (non-hydrogen) atoms. The smallest absolute Gasteiger partial charge is 0.191 e. The second kappa shape index (κ2) is 14.1. The largest absolute Gasteiger partial charge is 0.379 e. The van der Waals surface area contributed by atoms with Gasteiger partial charge in [-0.3, -0.25) is 9.89 Å². The molecule has 1 aromatic rings. The number of halogens is 1. The Morgan fingerprint density at radius 1 is 1.19 bits per heavy atom. The average Bonchev–Trinajstić information content (AvgIpc) is 2.67. The highest BCUT2D eigenvalue weighted by Gasteiger charge is 2.23. The molecule has 154 valence electrons. The van der Waals surface area contributed by atoms with Crippen molar-refractivity contribution in [2.24, 2.45) is 10.9 Å². The van der Waals surface area contributed by atoms with E-state index < -0.39 is 0 Å². The topological polar surface area (TPSA) is 58.1 Å². The number of benzene rings is 1. The highest BCUT2D eigenvalue weighted by atomic mass is 127. The van der Waals surface area contributed by atoms with Crippen LogP contribution in [0.3, 0.4) is 0 Å². The number of rotatable bonds is 9. The molecule has 0 radical (unpaired) electrons. The van der Waals surface area contributed by atoms with Crippen LogP contribution in [-0.2, 0) is 16.1 Å². The van der Waals surface area contributed by atoms with E-state index in [-0.39, 0.29) is 24.0 Å². The van der Waals surface area contributed by atoms with Gasteiger partial charge in [0.25, 0.3) is 0 Å². The van der Waals surface area contributed by atoms with Gasteiger partial charge in [0.2, 0.25) is 0 Å². The van der Waals surface area contributed by atoms with Crippen LogP contribution in [0, 0.1) is 5.92 Å². The van der Waals surface area contributed by atoms with Crippen molar-refractivity contribution in [3.63, 3.8) is 0 Å². The van der Waals surface area contributed by atoms with Gasteiger partial charge >= 0.3 is 0 Å². The molecule has 0 bridgehead atoms. The number of ether oxygens (including phenoxy) is 2. The normalized spacial score (nSPS) is 16.7. The molecular formula is C20H35IN4O2. The number of aliphatic imine (C=N–C) groups is 1. The minimum Gasteiger partial charge on any atom is -0.379 e. The predicted molar refractivity (Wildman–Crippen MR) is 122 cm³/mol. The van der Waals surface area contributed by atoms with Crippen LogP contribution < -0.4 is 10.6 Å². The van der Waals surface area contributed by atoms with E-state index in [4.69, 9.17) is 9.47 Å². The summed E-state index contributed by atoms with van der Waals surface area (Å²) in [6.45, 7) is 11.1. The van der Waals surface area contributed by atoms with E-state index in [0.717, 1.165) is 45.4 Å². The lowest BCUT2D eigenvalue weighted by atomic mass is 10.0. The van der Waals surface area contributed by atoms with Gasteiger partial charge in [-0.2, -0.15) is 0 Å². The maximum atomic E-state index is 5.71. The first-order chi connectivity index (χ1) is 12.7. The van der Waals surface area contributed by atoms with Crippen molar-refractivity contribution < 1.29 is 9.47 Å². The fraction of sp³-hybridized carbons (Fsp3) is 0.650. The molecule has 1 unspecified atom stereocenters. The van der Waals surface area contributed by atoms with Crippen molar-refractivity contribution in [2.75, 3.05) is 53.0 Å². The maximum absolute atomic E-state index is 5.71. The molecule has 1 aromatic carbocycles. The Bertz CT molecular complexity index is 522. The number of nitrogens with zero attached hydrogens (tertiary/aromatic N) is 2. The zero-order valence-corrected chi connectivity index (χ0v) is 19.1. The third-order valence-corrected chi connectivity index (χ3v) is 4.64. The lowest BCUT2D eigenvalue weighted by molar-refractivity contribution is 0.00751. The van der Waals surface area contributed by atoms with Crippen molar-refractivity contribution in [2.45, 2.75) is 26.5 Å². The molecule has 6 nitrogen and oxygen atoms in total. The Hall–Kier alpha value is -0.900. The molecule has 0 saturated carbocycles. The van der Waals surface area contributed by atoms with Crippen LogP contribution in [0.5, 0.6) is 0 Å². The molecule has 0 amide bonds. The summed E-state index contributed by atoms with van der Waals surface area (Å²) in [4.78, 5) is 6.83. The Morgan fingerprint density at radius 3 is 2.52 bits per heavy atom. The first kappa shape index (κ1) is 24.1. The van der Waals surface area contributed by atoms with Crippen molar-refractivity contribution in [3.05, 3.63) is 35.9 Å². The fourth-order valence-electron chi connectivity index (χ4n) is 3.12. The number of nitrogens with one attached hydrogen (secondary N) is 2. The van der Waals surface area contributed by atoms with Gasteiger partial charge in [-0.1, -0.05) is 44.2 Å². The van der Waals surface area contributed by atoms with E-state index in [9.17, 15) is 0 Å². The molecule has 0 aromatic heterocycles. The molecule has 2 rings (SSSR count). The van der Waals surface area contributed by atoms with E-state index in [1.807, 2.05) is 18.2 Å². The monoisotopic (exact) mass is 490 g/mol. The summed E-state index contributed by atoms with van der Waals surface area (Å²) >= 11 is 0. The molecule has 0 spiro atoms. The van der Waals surface area contributed by atoms with Crippen LogP contribution in [0.2, 0.25) is 0 Å². The Morgan fingerprint density at radius 2 is 1.89 bits per heavy atom. The van der Waals surface area contributed by atoms with Crippen molar-refractivity contribution in [3.8, 4) is 0 Å². The van der Waals surface area contributed by atoms with Gasteiger partial charge in [0.15, 0.2) is 5.96 Å². The summed E-state index contributed by atoms with van der Waals surface area (Å²) in [5.41, 5.74) is 1.19. The van der Waals surface area contributed by atoms with E-state index in [1.54, 1.807) is 7.05 Å². The molecule has 1 fully saturated rings. The zero-order chi connectivity index (χ0) is 18.6. The van der Waals surface area contributed by atoms with Gasteiger partial charge < -0.3 is 20.1 Å². The number of hydrogen-bond acceptors (Lipinski definition) is 4. The third kappa shape index (κ3) is 9.23. The van der Waals surface area contributed by atoms with E-state index in [0.29, 0.717) is 25.2 Å². The minimum absolute atomic E-state index is 0. The van der Waals surface area contributed by atoms with Gasteiger partial charge in [0.1, 0.15) is 0 Å². The van der Waals surface area contributed by atoms with E-state index in [2.05, 4.69) is 46.5 Å². The standard InChI is InChI=1S/C20H34N4O2.HI/c1-17(2)19(24-10-13-25-14-11-24)15-23-20(21-3)22-9-12-26-16-18-7-5-4-6-8-18;/h4-8,17,19H,9-16H2,1-3H3,(H2,21,22,23);1H. The molecule has 1 aliphatic rings. The van der Waals surface area contributed by atoms with Crippen LogP contribution in [0.25, 0.3) is 0 Å². The highest BCUT2D eigenvalue weighted by Crippen LogP contribution is 2.12. The Balaban J connectivity index is 0.00000364. The van der Waals surface area contributed by atoms with E-state index in [1.165, 1.54) is 5.56 Å². The third-order valence-electron chi connectivity index (χ3n) is 4.64. The van der Waals surface area contributed by atoms with E-state index >= 15 is 0 Å². The summed E-state index contributed by atoms with van der Waals surface area (Å²) < 4.78 is 11.2. The first-order valence-electron chi connectivity index (χ1n) is 9.58. The number of guanidine groups is 1. The average molecular weight is 490 g/mol. The summed E-state index contributed by atoms with van der Waals surface area (Å²) in [7, 11) is 1.80. The quantitative estimate of drug-likeness (QED) is 0.241. The van der Waals surface area contributed by atoms with Crippen LogP contribution in [0.15, 0.2) is 35.3 Å². The molecule has 1 saturated heterocycles. The summed E-state index contributed by atoms with van der Waals surface area (Å²) in [5, 5.41) is 6.78. The summed E-state index contributed by atoms with van der Waals surface area (Å²) in [6, 6.07) is 10.7. The molecule has 7 heteroatoms. The van der Waals surface area contributed by atoms with Crippen molar-refractivity contribution >= 4 is 29.9 Å². The second-order valence-electron chi connectivity index (χ2n) is 6.88. The molecule has 2 N–H and O–H groups in total. The van der Waals surface area contributed by atoms with Gasteiger partial charge in [-0.05, 0) is 11.5 Å². The second-order valence-corrected chi connectivity index (χ2v) is 6.88. The van der Waals surface area contributed by atoms with Crippen LogP contribution in [-0.4, -0.2) is 69.9 Å².